The molecular weight excluding hydrogens is 246 g/mol. The first-order valence-corrected chi connectivity index (χ1v) is 7.12. The first kappa shape index (κ1) is 12.7. The fourth-order valence-corrected chi connectivity index (χ4v) is 2.56. The molecule has 0 aliphatic carbocycles. The van der Waals surface area contributed by atoms with Crippen LogP contribution in [-0.2, 0) is 0 Å². The molecule has 0 aromatic heterocycles. The normalized spacial score (nSPS) is 12.6. The lowest BCUT2D eigenvalue weighted by molar-refractivity contribution is 0.464. The molecule has 0 saturated heterocycles. The van der Waals surface area contributed by atoms with Crippen molar-refractivity contribution >= 4 is 17.3 Å². The summed E-state index contributed by atoms with van der Waals surface area (Å²) >= 11 is 0. The molecule has 0 radical (unpaired) electrons. The van der Waals surface area contributed by atoms with Gasteiger partial charge in [-0.2, -0.15) is 0 Å². The van der Waals surface area contributed by atoms with Gasteiger partial charge in [0.05, 0.1) is 5.69 Å². The summed E-state index contributed by atoms with van der Waals surface area (Å²) in [5.41, 5.74) is 4.52. The van der Waals surface area contributed by atoms with Crippen molar-refractivity contribution in [3.63, 3.8) is 0 Å². The lowest BCUT2D eigenvalue weighted by Gasteiger charge is -2.23. The number of fused-ring (bicyclic) bond motifs is 3. The Hall–Kier alpha value is -2.29. The molecule has 2 aromatic rings. The summed E-state index contributed by atoms with van der Waals surface area (Å²) in [6, 6.07) is 16.7. The van der Waals surface area contributed by atoms with Gasteiger partial charge in [-0.1, -0.05) is 36.4 Å². The van der Waals surface area contributed by atoms with Gasteiger partial charge < -0.3 is 10.2 Å². The van der Waals surface area contributed by atoms with Gasteiger partial charge in [0.1, 0.15) is 0 Å². The molecule has 0 spiro atoms. The highest BCUT2D eigenvalue weighted by Crippen LogP contribution is 2.37. The van der Waals surface area contributed by atoms with Crippen LogP contribution in [0.5, 0.6) is 0 Å². The number of nitrogens with one attached hydrogen (secondary N) is 1. The summed E-state index contributed by atoms with van der Waals surface area (Å²) < 4.78 is 0. The highest BCUT2D eigenvalue weighted by molar-refractivity contribution is 6.03. The summed E-state index contributed by atoms with van der Waals surface area (Å²) in [5.74, 6) is 0.924. The van der Waals surface area contributed by atoms with E-state index in [2.05, 4.69) is 66.5 Å². The molecular formula is C17H19N3. The third kappa shape index (κ3) is 2.16. The second-order valence-electron chi connectivity index (χ2n) is 4.80. The van der Waals surface area contributed by atoms with Crippen LogP contribution in [0.3, 0.4) is 0 Å². The van der Waals surface area contributed by atoms with Gasteiger partial charge in [0.2, 0.25) is 5.96 Å². The zero-order chi connectivity index (χ0) is 13.9. The van der Waals surface area contributed by atoms with Crippen molar-refractivity contribution in [1.29, 1.82) is 0 Å². The number of rotatable bonds is 2. The second-order valence-corrected chi connectivity index (χ2v) is 4.80. The summed E-state index contributed by atoms with van der Waals surface area (Å²) in [6.07, 6.45) is 0. The monoisotopic (exact) mass is 265 g/mol. The van der Waals surface area contributed by atoms with Crippen molar-refractivity contribution in [1.82, 2.24) is 4.90 Å². The minimum Gasteiger partial charge on any atom is -0.343 e. The molecule has 2 aromatic carbocycles. The average molecular weight is 265 g/mol. The molecule has 0 unspecified atom stereocenters. The Morgan fingerprint density at radius 3 is 2.30 bits per heavy atom. The van der Waals surface area contributed by atoms with Gasteiger partial charge in [-0.15, -0.1) is 0 Å². The van der Waals surface area contributed by atoms with Gasteiger partial charge in [-0.3, -0.25) is 0 Å². The van der Waals surface area contributed by atoms with E-state index in [1.54, 1.807) is 0 Å². The van der Waals surface area contributed by atoms with Crippen molar-refractivity contribution in [2.75, 3.05) is 18.4 Å². The van der Waals surface area contributed by atoms with Crippen molar-refractivity contribution in [3.8, 4) is 11.1 Å². The Kier molecular flexibility index (Phi) is 3.42. The average Bonchev–Trinajstić information content (AvgIpc) is 2.65. The summed E-state index contributed by atoms with van der Waals surface area (Å²) in [7, 11) is 0. The summed E-state index contributed by atoms with van der Waals surface area (Å²) in [6.45, 7) is 6.17. The van der Waals surface area contributed by atoms with E-state index in [4.69, 9.17) is 4.99 Å². The number of hydrogen-bond donors (Lipinski definition) is 1. The van der Waals surface area contributed by atoms with E-state index in [9.17, 15) is 0 Å². The van der Waals surface area contributed by atoms with Gasteiger partial charge in [0.15, 0.2) is 0 Å². The smallest absolute Gasteiger partial charge is 0.203 e. The quantitative estimate of drug-likeness (QED) is 0.885. The maximum Gasteiger partial charge on any atom is 0.203 e. The highest BCUT2D eigenvalue weighted by atomic mass is 15.3. The minimum atomic E-state index is 0.924. The van der Waals surface area contributed by atoms with E-state index >= 15 is 0 Å². The third-order valence-electron chi connectivity index (χ3n) is 3.66. The second kappa shape index (κ2) is 5.37. The van der Waals surface area contributed by atoms with E-state index < -0.39 is 0 Å². The Labute approximate surface area is 120 Å². The Morgan fingerprint density at radius 2 is 1.55 bits per heavy atom. The van der Waals surface area contributed by atoms with Crippen molar-refractivity contribution in [2.45, 2.75) is 13.8 Å². The molecule has 20 heavy (non-hydrogen) atoms. The first-order valence-electron chi connectivity index (χ1n) is 7.12. The molecule has 3 rings (SSSR count). The van der Waals surface area contributed by atoms with E-state index in [1.807, 2.05) is 6.07 Å². The standard InChI is InChI=1S/C17H19N3/c1-3-20(4-2)17-18-15-11-7-5-9-13(15)14-10-6-8-12-16(14)19-17/h5-12H,3-4H2,1-2H3,(H,18,19). The van der Waals surface area contributed by atoms with Crippen molar-refractivity contribution < 1.29 is 0 Å². The number of aliphatic imine (C=N–C) groups is 1. The number of guanidine groups is 1. The maximum absolute atomic E-state index is 4.83. The Morgan fingerprint density at radius 1 is 0.900 bits per heavy atom. The van der Waals surface area contributed by atoms with Gasteiger partial charge in [0.25, 0.3) is 0 Å². The van der Waals surface area contributed by atoms with Crippen LogP contribution in [0, 0.1) is 0 Å². The molecule has 3 heteroatoms. The topological polar surface area (TPSA) is 27.6 Å². The summed E-state index contributed by atoms with van der Waals surface area (Å²) in [4.78, 5) is 7.06. The lowest BCUT2D eigenvalue weighted by atomic mass is 10.0. The molecule has 1 heterocycles. The van der Waals surface area contributed by atoms with Crippen LogP contribution in [-0.4, -0.2) is 23.9 Å². The Balaban J connectivity index is 2.18. The molecule has 102 valence electrons. The number of anilines is 1. The van der Waals surface area contributed by atoms with Crippen molar-refractivity contribution in [2.24, 2.45) is 4.99 Å². The zero-order valence-electron chi connectivity index (χ0n) is 11.9. The van der Waals surface area contributed by atoms with Gasteiger partial charge in [0, 0.05) is 29.9 Å². The molecule has 0 bridgehead atoms. The summed E-state index contributed by atoms with van der Waals surface area (Å²) in [5, 5.41) is 3.48. The maximum atomic E-state index is 4.83. The van der Waals surface area contributed by atoms with Crippen LogP contribution in [0.15, 0.2) is 53.5 Å². The van der Waals surface area contributed by atoms with E-state index in [1.165, 1.54) is 11.1 Å². The fraction of sp³-hybridized carbons (Fsp3) is 0.235. The van der Waals surface area contributed by atoms with Crippen LogP contribution in [0.4, 0.5) is 11.4 Å². The number of hydrogen-bond acceptors (Lipinski definition) is 3. The largest absolute Gasteiger partial charge is 0.343 e. The zero-order valence-corrected chi connectivity index (χ0v) is 11.9. The lowest BCUT2D eigenvalue weighted by Crippen LogP contribution is -2.35. The predicted molar refractivity (Wildman–Crippen MR) is 85.5 cm³/mol. The first-order chi connectivity index (χ1) is 9.83. The number of nitrogens with zero attached hydrogens (tertiary/aromatic N) is 2. The van der Waals surface area contributed by atoms with Crippen LogP contribution in [0.2, 0.25) is 0 Å². The van der Waals surface area contributed by atoms with Gasteiger partial charge in [-0.25, -0.2) is 4.99 Å². The number of benzene rings is 2. The third-order valence-corrected chi connectivity index (χ3v) is 3.66. The molecule has 0 amide bonds. The molecule has 3 nitrogen and oxygen atoms in total. The Bertz CT molecular complexity index is 642. The molecule has 0 atom stereocenters. The molecule has 1 N–H and O–H groups in total. The SMILES string of the molecule is CCN(CC)C1=Nc2ccccc2-c2ccccc2N1. The van der Waals surface area contributed by atoms with Crippen LogP contribution in [0.25, 0.3) is 11.1 Å². The predicted octanol–water partition coefficient (Wildman–Crippen LogP) is 4.11. The molecule has 1 aliphatic heterocycles. The van der Waals surface area contributed by atoms with Crippen molar-refractivity contribution in [3.05, 3.63) is 48.5 Å². The van der Waals surface area contributed by atoms with E-state index in [0.717, 1.165) is 30.4 Å². The van der Waals surface area contributed by atoms with E-state index in [0.29, 0.717) is 0 Å². The molecule has 1 aliphatic rings. The minimum absolute atomic E-state index is 0.924. The van der Waals surface area contributed by atoms with Gasteiger partial charge >= 0.3 is 0 Å². The molecule has 0 saturated carbocycles. The highest BCUT2D eigenvalue weighted by Gasteiger charge is 2.17. The van der Waals surface area contributed by atoms with Crippen LogP contribution >= 0.6 is 0 Å². The van der Waals surface area contributed by atoms with Gasteiger partial charge in [-0.05, 0) is 26.0 Å². The molecule has 0 fully saturated rings. The van der Waals surface area contributed by atoms with E-state index in [-0.39, 0.29) is 0 Å². The van der Waals surface area contributed by atoms with Crippen LogP contribution in [0.1, 0.15) is 13.8 Å². The fourth-order valence-electron chi connectivity index (χ4n) is 2.56. The van der Waals surface area contributed by atoms with Crippen LogP contribution < -0.4 is 5.32 Å². The number of para-hydroxylation sites is 2.